The van der Waals surface area contributed by atoms with Crippen LogP contribution in [0.2, 0.25) is 10.0 Å². The number of amides is 1. The van der Waals surface area contributed by atoms with Crippen LogP contribution in [0.4, 0.5) is 0 Å². The first kappa shape index (κ1) is 17.8. The summed E-state index contributed by atoms with van der Waals surface area (Å²) < 4.78 is 0. The number of likely N-dealkylation sites (tertiary alicyclic amines) is 1. The van der Waals surface area contributed by atoms with Crippen molar-refractivity contribution in [2.45, 2.75) is 37.8 Å². The van der Waals surface area contributed by atoms with Crippen molar-refractivity contribution in [1.29, 1.82) is 0 Å². The Morgan fingerprint density at radius 2 is 2.00 bits per heavy atom. The summed E-state index contributed by atoms with van der Waals surface area (Å²) in [6.07, 6.45) is 4.16. The van der Waals surface area contributed by atoms with Crippen molar-refractivity contribution in [2.24, 2.45) is 0 Å². The van der Waals surface area contributed by atoms with Crippen molar-refractivity contribution in [3.63, 3.8) is 0 Å². The molecule has 1 aromatic carbocycles. The summed E-state index contributed by atoms with van der Waals surface area (Å²) in [5.41, 5.74) is 2.76. The summed E-state index contributed by atoms with van der Waals surface area (Å²) in [4.78, 5) is 19.0. The highest BCUT2D eigenvalue weighted by Crippen LogP contribution is 2.40. The molecule has 1 aromatic heterocycles. The molecule has 1 saturated heterocycles. The molecule has 4 nitrogen and oxygen atoms in total. The minimum atomic E-state index is -0.0920. The van der Waals surface area contributed by atoms with E-state index in [1.54, 1.807) is 12.3 Å². The van der Waals surface area contributed by atoms with Crippen LogP contribution < -0.4 is 5.32 Å². The Kier molecular flexibility index (Phi) is 4.91. The lowest BCUT2D eigenvalue weighted by Gasteiger charge is -2.43. The van der Waals surface area contributed by atoms with Gasteiger partial charge in [0, 0.05) is 35.4 Å². The van der Waals surface area contributed by atoms with Gasteiger partial charge in [-0.1, -0.05) is 23.2 Å². The Bertz CT molecular complexity index is 832. The molecule has 4 rings (SSSR count). The molecule has 2 heterocycles. The van der Waals surface area contributed by atoms with Crippen molar-refractivity contribution in [3.05, 3.63) is 63.4 Å². The van der Waals surface area contributed by atoms with E-state index in [-0.39, 0.29) is 18.0 Å². The normalized spacial score (nSPS) is 19.0. The first-order valence-electron chi connectivity index (χ1n) is 8.97. The standard InChI is InChI=1S/C20H21Cl2N3O/c1-12(17-9-15(21)4-5-18(17)22)25-10-16(11-25)24-20(26)19-8-14(6-7-23-19)13-2-3-13/h4-9,12-13,16H,2-3,10-11H2,1H3,(H,24,26). The van der Waals surface area contributed by atoms with Gasteiger partial charge in [0.05, 0.1) is 6.04 Å². The van der Waals surface area contributed by atoms with E-state index in [2.05, 4.69) is 22.1 Å². The number of rotatable bonds is 5. The van der Waals surface area contributed by atoms with Gasteiger partial charge in [0.15, 0.2) is 0 Å². The smallest absolute Gasteiger partial charge is 0.270 e. The first-order chi connectivity index (χ1) is 12.5. The van der Waals surface area contributed by atoms with Crippen molar-refractivity contribution >= 4 is 29.1 Å². The van der Waals surface area contributed by atoms with Crippen LogP contribution >= 0.6 is 23.2 Å². The number of nitrogens with one attached hydrogen (secondary N) is 1. The van der Waals surface area contributed by atoms with Crippen LogP contribution in [-0.4, -0.2) is 34.9 Å². The van der Waals surface area contributed by atoms with E-state index in [1.807, 2.05) is 24.3 Å². The maximum absolute atomic E-state index is 12.5. The molecular weight excluding hydrogens is 369 g/mol. The molecule has 0 bridgehead atoms. The molecule has 1 N–H and O–H groups in total. The van der Waals surface area contributed by atoms with Gasteiger partial charge in [-0.15, -0.1) is 0 Å². The lowest BCUT2D eigenvalue weighted by atomic mass is 10.00. The molecule has 26 heavy (non-hydrogen) atoms. The number of benzene rings is 1. The van der Waals surface area contributed by atoms with Crippen molar-refractivity contribution in [3.8, 4) is 0 Å². The van der Waals surface area contributed by atoms with E-state index in [0.717, 1.165) is 23.7 Å². The van der Waals surface area contributed by atoms with Crippen LogP contribution in [0.1, 0.15) is 53.3 Å². The Morgan fingerprint density at radius 3 is 2.73 bits per heavy atom. The van der Waals surface area contributed by atoms with Crippen molar-refractivity contribution < 1.29 is 4.79 Å². The average molecular weight is 390 g/mol. The number of carbonyl (C=O) groups is 1. The molecule has 2 aromatic rings. The van der Waals surface area contributed by atoms with Crippen LogP contribution in [0.5, 0.6) is 0 Å². The van der Waals surface area contributed by atoms with Crippen molar-refractivity contribution in [2.75, 3.05) is 13.1 Å². The minimum Gasteiger partial charge on any atom is -0.345 e. The highest BCUT2D eigenvalue weighted by Gasteiger charge is 2.33. The molecule has 1 atom stereocenters. The van der Waals surface area contributed by atoms with Crippen LogP contribution in [0, 0.1) is 0 Å². The number of pyridine rings is 1. The SMILES string of the molecule is CC(c1cc(Cl)ccc1Cl)N1CC(NC(=O)c2cc(C3CC3)ccn2)C1. The fraction of sp³-hybridized carbons (Fsp3) is 0.400. The molecule has 1 amide bonds. The first-order valence-corrected chi connectivity index (χ1v) is 9.72. The number of hydrogen-bond acceptors (Lipinski definition) is 3. The second kappa shape index (κ2) is 7.18. The van der Waals surface area contributed by atoms with E-state index in [0.29, 0.717) is 16.6 Å². The summed E-state index contributed by atoms with van der Waals surface area (Å²) in [7, 11) is 0. The van der Waals surface area contributed by atoms with Gasteiger partial charge in [-0.2, -0.15) is 0 Å². The molecule has 136 valence electrons. The molecule has 1 saturated carbocycles. The second-order valence-electron chi connectivity index (χ2n) is 7.21. The predicted molar refractivity (Wildman–Crippen MR) is 104 cm³/mol. The Labute approximate surface area is 163 Å². The van der Waals surface area contributed by atoms with E-state index < -0.39 is 0 Å². The highest BCUT2D eigenvalue weighted by molar-refractivity contribution is 6.33. The zero-order chi connectivity index (χ0) is 18.3. The number of carbonyl (C=O) groups excluding carboxylic acids is 1. The Balaban J connectivity index is 1.34. The number of halogens is 2. The Morgan fingerprint density at radius 1 is 1.23 bits per heavy atom. The number of aromatic nitrogens is 1. The zero-order valence-corrected chi connectivity index (χ0v) is 16.1. The van der Waals surface area contributed by atoms with Crippen LogP contribution in [0.25, 0.3) is 0 Å². The van der Waals surface area contributed by atoms with Crippen molar-refractivity contribution in [1.82, 2.24) is 15.2 Å². The molecule has 2 fully saturated rings. The molecule has 6 heteroatoms. The molecule has 1 aliphatic carbocycles. The minimum absolute atomic E-state index is 0.0920. The Hall–Kier alpha value is -1.62. The lowest BCUT2D eigenvalue weighted by Crippen LogP contribution is -2.59. The molecule has 1 aliphatic heterocycles. The fourth-order valence-electron chi connectivity index (χ4n) is 3.45. The van der Waals surface area contributed by atoms with E-state index in [1.165, 1.54) is 18.4 Å². The quantitative estimate of drug-likeness (QED) is 0.821. The van der Waals surface area contributed by atoms with E-state index >= 15 is 0 Å². The summed E-state index contributed by atoms with van der Waals surface area (Å²) in [5.74, 6) is 0.526. The molecule has 0 spiro atoms. The van der Waals surface area contributed by atoms with Gasteiger partial charge in [0.2, 0.25) is 0 Å². The number of nitrogens with zero attached hydrogens (tertiary/aromatic N) is 2. The largest absolute Gasteiger partial charge is 0.345 e. The molecule has 1 unspecified atom stereocenters. The van der Waals surface area contributed by atoms with Gasteiger partial charge >= 0.3 is 0 Å². The molecular formula is C20H21Cl2N3O. The summed E-state index contributed by atoms with van der Waals surface area (Å²) in [6.45, 7) is 3.69. The number of hydrogen-bond donors (Lipinski definition) is 1. The highest BCUT2D eigenvalue weighted by atomic mass is 35.5. The van der Waals surface area contributed by atoms with Gasteiger partial charge in [-0.05, 0) is 67.1 Å². The molecule has 2 aliphatic rings. The van der Waals surface area contributed by atoms with Crippen LogP contribution in [0.3, 0.4) is 0 Å². The fourth-order valence-corrected chi connectivity index (χ4v) is 3.91. The third kappa shape index (κ3) is 3.73. The van der Waals surface area contributed by atoms with Gasteiger partial charge in [0.25, 0.3) is 5.91 Å². The lowest BCUT2D eigenvalue weighted by molar-refractivity contribution is 0.0672. The summed E-state index contributed by atoms with van der Waals surface area (Å²) in [5, 5.41) is 4.48. The second-order valence-corrected chi connectivity index (χ2v) is 8.06. The summed E-state index contributed by atoms with van der Waals surface area (Å²) in [6, 6.07) is 9.76. The third-order valence-corrected chi connectivity index (χ3v) is 5.85. The van der Waals surface area contributed by atoms with Gasteiger partial charge in [-0.25, -0.2) is 0 Å². The van der Waals surface area contributed by atoms with E-state index in [9.17, 15) is 4.79 Å². The monoisotopic (exact) mass is 389 g/mol. The van der Waals surface area contributed by atoms with Gasteiger partial charge in [0.1, 0.15) is 5.69 Å². The summed E-state index contributed by atoms with van der Waals surface area (Å²) >= 11 is 12.4. The van der Waals surface area contributed by atoms with Crippen LogP contribution in [-0.2, 0) is 0 Å². The average Bonchev–Trinajstić information content (AvgIpc) is 3.44. The zero-order valence-electron chi connectivity index (χ0n) is 14.6. The topological polar surface area (TPSA) is 45.2 Å². The van der Waals surface area contributed by atoms with Crippen LogP contribution in [0.15, 0.2) is 36.5 Å². The molecule has 0 radical (unpaired) electrons. The van der Waals surface area contributed by atoms with E-state index in [4.69, 9.17) is 23.2 Å². The van der Waals surface area contributed by atoms with Gasteiger partial charge < -0.3 is 5.32 Å². The third-order valence-electron chi connectivity index (χ3n) is 5.27. The maximum Gasteiger partial charge on any atom is 0.270 e. The predicted octanol–water partition coefficient (Wildman–Crippen LogP) is 4.44. The van der Waals surface area contributed by atoms with Gasteiger partial charge in [-0.3, -0.25) is 14.7 Å². The maximum atomic E-state index is 12.5.